The first kappa shape index (κ1) is 9.79. The molecule has 78 valence electrons. The number of nitrogens with one attached hydrogen (secondary N) is 1. The number of nitrogens with two attached hydrogens (primary N) is 1. The normalized spacial score (nSPS) is 10.3. The van der Waals surface area contributed by atoms with Gasteiger partial charge in [-0.1, -0.05) is 11.6 Å². The van der Waals surface area contributed by atoms with Crippen LogP contribution >= 0.6 is 11.6 Å². The zero-order chi connectivity index (χ0) is 10.8. The summed E-state index contributed by atoms with van der Waals surface area (Å²) in [6.07, 6.45) is 1.83. The summed E-state index contributed by atoms with van der Waals surface area (Å²) in [5.74, 6) is 1.28. The van der Waals surface area contributed by atoms with Crippen LogP contribution in [0.2, 0.25) is 5.15 Å². The molecule has 6 heteroatoms. The van der Waals surface area contributed by atoms with Gasteiger partial charge in [-0.05, 0) is 6.07 Å². The molecule has 2 aromatic heterocycles. The third-order valence-electron chi connectivity index (χ3n) is 1.79. The second-order valence-electron chi connectivity index (χ2n) is 3.11. The molecule has 0 radical (unpaired) electrons. The van der Waals surface area contributed by atoms with Crippen molar-refractivity contribution >= 4 is 28.9 Å². The highest BCUT2D eigenvalue weighted by Crippen LogP contribution is 2.18. The van der Waals surface area contributed by atoms with Gasteiger partial charge in [0.1, 0.15) is 11.0 Å². The summed E-state index contributed by atoms with van der Waals surface area (Å²) in [5, 5.41) is 7.50. The molecule has 0 aromatic carbocycles. The predicted octanol–water partition coefficient (Wildman–Crippen LogP) is 1.79. The number of hydrogen-bond donors (Lipinski definition) is 2. The van der Waals surface area contributed by atoms with E-state index in [0.717, 1.165) is 0 Å². The molecular weight excluding hydrogens is 214 g/mol. The van der Waals surface area contributed by atoms with Crippen molar-refractivity contribution in [2.45, 2.75) is 0 Å². The fourth-order valence-electron chi connectivity index (χ4n) is 1.19. The highest BCUT2D eigenvalue weighted by atomic mass is 35.5. The average molecular weight is 224 g/mol. The molecular formula is C9H10ClN5. The molecule has 2 rings (SSSR count). The van der Waals surface area contributed by atoms with Gasteiger partial charge < -0.3 is 11.1 Å². The highest BCUT2D eigenvalue weighted by molar-refractivity contribution is 6.29. The molecule has 0 saturated carbocycles. The molecule has 3 N–H and O–H groups in total. The van der Waals surface area contributed by atoms with Gasteiger partial charge in [-0.15, -0.1) is 0 Å². The van der Waals surface area contributed by atoms with Crippen molar-refractivity contribution < 1.29 is 0 Å². The van der Waals surface area contributed by atoms with Crippen LogP contribution in [-0.2, 0) is 7.05 Å². The van der Waals surface area contributed by atoms with E-state index in [4.69, 9.17) is 17.3 Å². The average Bonchev–Trinajstić information content (AvgIpc) is 2.49. The van der Waals surface area contributed by atoms with E-state index in [1.54, 1.807) is 16.8 Å². The van der Waals surface area contributed by atoms with E-state index in [1.165, 1.54) is 0 Å². The minimum Gasteiger partial charge on any atom is -0.399 e. The molecule has 0 aliphatic heterocycles. The first-order valence-corrected chi connectivity index (χ1v) is 4.71. The van der Waals surface area contributed by atoms with Gasteiger partial charge in [-0.25, -0.2) is 4.98 Å². The van der Waals surface area contributed by atoms with Crippen LogP contribution in [0.3, 0.4) is 0 Å². The molecule has 0 spiro atoms. The number of hydrogen-bond acceptors (Lipinski definition) is 4. The predicted molar refractivity (Wildman–Crippen MR) is 60.2 cm³/mol. The Bertz CT molecular complexity index is 459. The van der Waals surface area contributed by atoms with E-state index in [1.807, 2.05) is 19.3 Å². The molecule has 0 unspecified atom stereocenters. The van der Waals surface area contributed by atoms with E-state index in [9.17, 15) is 0 Å². The summed E-state index contributed by atoms with van der Waals surface area (Å²) in [7, 11) is 1.84. The number of nitrogens with zero attached hydrogens (tertiary/aromatic N) is 3. The van der Waals surface area contributed by atoms with Crippen molar-refractivity contribution in [3.8, 4) is 0 Å². The van der Waals surface area contributed by atoms with Gasteiger partial charge in [0.2, 0.25) is 0 Å². The van der Waals surface area contributed by atoms with Crippen molar-refractivity contribution in [1.82, 2.24) is 14.8 Å². The van der Waals surface area contributed by atoms with Crippen molar-refractivity contribution in [3.63, 3.8) is 0 Å². The van der Waals surface area contributed by atoms with Crippen LogP contribution in [0, 0.1) is 0 Å². The number of aromatic nitrogens is 3. The molecule has 15 heavy (non-hydrogen) atoms. The molecule has 0 saturated heterocycles. The highest BCUT2D eigenvalue weighted by Gasteiger charge is 2.01. The van der Waals surface area contributed by atoms with Crippen LogP contribution in [0.25, 0.3) is 0 Å². The second-order valence-corrected chi connectivity index (χ2v) is 3.50. The number of halogens is 1. The van der Waals surface area contributed by atoms with Crippen molar-refractivity contribution in [2.75, 3.05) is 11.1 Å². The molecule has 0 bridgehead atoms. The Balaban J connectivity index is 2.24. The van der Waals surface area contributed by atoms with E-state index in [-0.39, 0.29) is 0 Å². The van der Waals surface area contributed by atoms with Gasteiger partial charge in [0.05, 0.1) is 0 Å². The minimum atomic E-state index is 0.355. The topological polar surface area (TPSA) is 68.8 Å². The van der Waals surface area contributed by atoms with E-state index >= 15 is 0 Å². The molecule has 0 aliphatic carbocycles. The smallest absolute Gasteiger partial charge is 0.153 e. The summed E-state index contributed by atoms with van der Waals surface area (Å²) in [6, 6.07) is 5.12. The summed E-state index contributed by atoms with van der Waals surface area (Å²) >= 11 is 5.76. The van der Waals surface area contributed by atoms with E-state index in [2.05, 4.69) is 15.4 Å². The lowest BCUT2D eigenvalue weighted by atomic mass is 10.4. The van der Waals surface area contributed by atoms with Gasteiger partial charge in [0.25, 0.3) is 0 Å². The first-order chi connectivity index (χ1) is 7.13. The number of anilines is 3. The van der Waals surface area contributed by atoms with Crippen LogP contribution in [-0.4, -0.2) is 14.8 Å². The maximum Gasteiger partial charge on any atom is 0.153 e. The number of nitrogen functional groups attached to an aromatic ring is 1. The largest absolute Gasteiger partial charge is 0.399 e. The van der Waals surface area contributed by atoms with E-state index < -0.39 is 0 Å². The Kier molecular flexibility index (Phi) is 2.47. The fraction of sp³-hybridized carbons (Fsp3) is 0.111. The Morgan fingerprint density at radius 2 is 2.20 bits per heavy atom. The van der Waals surface area contributed by atoms with Gasteiger partial charge in [-0.2, -0.15) is 5.10 Å². The molecule has 2 aromatic rings. The maximum absolute atomic E-state index is 5.76. The number of aryl methyl sites for hydroxylation is 1. The van der Waals surface area contributed by atoms with Crippen LogP contribution in [0.5, 0.6) is 0 Å². The van der Waals surface area contributed by atoms with E-state index in [0.29, 0.717) is 22.5 Å². The Hall–Kier alpha value is -1.75. The Morgan fingerprint density at radius 1 is 1.40 bits per heavy atom. The summed E-state index contributed by atoms with van der Waals surface area (Å²) in [4.78, 5) is 4.06. The molecule has 2 heterocycles. The third kappa shape index (κ3) is 2.38. The minimum absolute atomic E-state index is 0.355. The molecule has 5 nitrogen and oxygen atoms in total. The van der Waals surface area contributed by atoms with Crippen LogP contribution < -0.4 is 11.1 Å². The number of rotatable bonds is 2. The van der Waals surface area contributed by atoms with Gasteiger partial charge in [-0.3, -0.25) is 4.68 Å². The zero-order valence-electron chi connectivity index (χ0n) is 8.11. The lowest BCUT2D eigenvalue weighted by Gasteiger charge is -2.03. The second kappa shape index (κ2) is 3.78. The quantitative estimate of drug-likeness (QED) is 0.762. The summed E-state index contributed by atoms with van der Waals surface area (Å²) < 4.78 is 1.69. The van der Waals surface area contributed by atoms with Gasteiger partial charge in [0, 0.05) is 31.1 Å². The van der Waals surface area contributed by atoms with Crippen molar-refractivity contribution in [1.29, 1.82) is 0 Å². The summed E-state index contributed by atoms with van der Waals surface area (Å²) in [6.45, 7) is 0. The summed E-state index contributed by atoms with van der Waals surface area (Å²) in [5.41, 5.74) is 6.19. The maximum atomic E-state index is 5.76. The number of pyridine rings is 1. The van der Waals surface area contributed by atoms with Crippen LogP contribution in [0.4, 0.5) is 17.3 Å². The van der Waals surface area contributed by atoms with Crippen LogP contribution in [0.15, 0.2) is 24.4 Å². The molecule has 0 aliphatic rings. The Morgan fingerprint density at radius 3 is 2.80 bits per heavy atom. The SMILES string of the molecule is Cn1ccc(Nc2cc(N)cc(Cl)n2)n1. The van der Waals surface area contributed by atoms with Gasteiger partial charge >= 0.3 is 0 Å². The third-order valence-corrected chi connectivity index (χ3v) is 1.98. The van der Waals surface area contributed by atoms with Crippen molar-refractivity contribution in [2.24, 2.45) is 7.05 Å². The Labute approximate surface area is 91.9 Å². The fourth-order valence-corrected chi connectivity index (χ4v) is 1.41. The monoisotopic (exact) mass is 223 g/mol. The van der Waals surface area contributed by atoms with Crippen molar-refractivity contribution in [3.05, 3.63) is 29.5 Å². The molecule has 0 atom stereocenters. The van der Waals surface area contributed by atoms with Gasteiger partial charge in [0.15, 0.2) is 5.82 Å². The lowest BCUT2D eigenvalue weighted by Crippen LogP contribution is -1.97. The molecule has 0 fully saturated rings. The lowest BCUT2D eigenvalue weighted by molar-refractivity contribution is 0.771. The van der Waals surface area contributed by atoms with Crippen LogP contribution in [0.1, 0.15) is 0 Å². The zero-order valence-corrected chi connectivity index (χ0v) is 8.86. The first-order valence-electron chi connectivity index (χ1n) is 4.33. The standard InChI is InChI=1S/C9H10ClN5/c1-15-3-2-8(14-15)13-9-5-6(11)4-7(10)12-9/h2-5H,1H3,(H3,11,12,13,14). The molecule has 0 amide bonds.